The summed E-state index contributed by atoms with van der Waals surface area (Å²) in [5.74, 6) is 0.0140. The number of nitriles is 1. The van der Waals surface area contributed by atoms with E-state index >= 15 is 0 Å². The molecular weight excluding hydrogens is 210 g/mol. The van der Waals surface area contributed by atoms with Crippen LogP contribution in [0, 0.1) is 11.3 Å². The monoisotopic (exact) mass is 221 g/mol. The molecule has 0 aliphatic rings. The predicted molar refractivity (Wildman–Crippen MR) is 55.6 cm³/mol. The molecule has 84 valence electrons. The number of rotatable bonds is 3. The van der Waals surface area contributed by atoms with Gasteiger partial charge in [0.1, 0.15) is 17.4 Å². The zero-order valence-electron chi connectivity index (χ0n) is 9.23. The van der Waals surface area contributed by atoms with Gasteiger partial charge in [0.2, 0.25) is 0 Å². The third-order valence-corrected chi connectivity index (χ3v) is 2.03. The molecule has 0 saturated carbocycles. The Morgan fingerprint density at radius 2 is 1.94 bits per heavy atom. The number of esters is 1. The van der Waals surface area contributed by atoms with Crippen LogP contribution in [0.1, 0.15) is 15.9 Å². The topological polar surface area (TPSA) is 68.5 Å². The minimum absolute atomic E-state index is 0.168. The summed E-state index contributed by atoms with van der Waals surface area (Å²) < 4.78 is 14.6. The molecule has 0 fully saturated rings. The Hall–Kier alpha value is -2.22. The van der Waals surface area contributed by atoms with Gasteiger partial charge in [-0.25, -0.2) is 4.79 Å². The smallest absolute Gasteiger partial charge is 0.341 e. The van der Waals surface area contributed by atoms with E-state index in [1.165, 1.54) is 33.5 Å². The second-order valence-corrected chi connectivity index (χ2v) is 2.86. The second kappa shape index (κ2) is 5.03. The van der Waals surface area contributed by atoms with Crippen molar-refractivity contribution in [2.45, 2.75) is 0 Å². The van der Waals surface area contributed by atoms with Crippen LogP contribution in [0.25, 0.3) is 0 Å². The molecule has 0 N–H and O–H groups in total. The average Bonchev–Trinajstić information content (AvgIpc) is 2.35. The molecule has 5 heteroatoms. The summed E-state index contributed by atoms with van der Waals surface area (Å²) >= 11 is 0. The molecule has 0 aliphatic heterocycles. The summed E-state index contributed by atoms with van der Waals surface area (Å²) in [5, 5.41) is 8.91. The molecule has 0 bridgehead atoms. The van der Waals surface area contributed by atoms with Gasteiger partial charge in [0, 0.05) is 6.07 Å². The molecule has 0 radical (unpaired) electrons. The fourth-order valence-corrected chi connectivity index (χ4v) is 1.28. The summed E-state index contributed by atoms with van der Waals surface area (Å²) in [5.41, 5.74) is 0.392. The van der Waals surface area contributed by atoms with Gasteiger partial charge in [-0.3, -0.25) is 0 Å². The molecule has 0 aliphatic carbocycles. The SMILES string of the molecule is COC(=O)c1cc(OC)cc(C#N)c1OC. The van der Waals surface area contributed by atoms with Crippen molar-refractivity contribution in [3.63, 3.8) is 0 Å². The predicted octanol–water partition coefficient (Wildman–Crippen LogP) is 1.36. The number of hydrogen-bond acceptors (Lipinski definition) is 5. The van der Waals surface area contributed by atoms with Gasteiger partial charge in [0.15, 0.2) is 5.75 Å². The van der Waals surface area contributed by atoms with Crippen LogP contribution in [-0.4, -0.2) is 27.3 Å². The molecule has 0 spiro atoms. The van der Waals surface area contributed by atoms with E-state index in [9.17, 15) is 4.79 Å². The summed E-state index contributed by atoms with van der Waals surface area (Å²) in [7, 11) is 4.09. The molecule has 1 aromatic carbocycles. The maximum absolute atomic E-state index is 11.5. The van der Waals surface area contributed by atoms with Crippen molar-refractivity contribution in [3.8, 4) is 17.6 Å². The minimum atomic E-state index is -0.577. The number of nitrogens with zero attached hydrogens (tertiary/aromatic N) is 1. The number of benzene rings is 1. The molecule has 1 rings (SSSR count). The highest BCUT2D eigenvalue weighted by atomic mass is 16.5. The average molecular weight is 221 g/mol. The van der Waals surface area contributed by atoms with E-state index in [1.807, 2.05) is 6.07 Å². The highest BCUT2D eigenvalue weighted by molar-refractivity contribution is 5.94. The Labute approximate surface area is 93.2 Å². The van der Waals surface area contributed by atoms with Gasteiger partial charge < -0.3 is 14.2 Å². The van der Waals surface area contributed by atoms with Gasteiger partial charge in [-0.2, -0.15) is 5.26 Å². The Bertz CT molecular complexity index is 448. The van der Waals surface area contributed by atoms with E-state index in [1.54, 1.807) is 0 Å². The molecule has 0 aromatic heterocycles. The van der Waals surface area contributed by atoms with Crippen molar-refractivity contribution in [2.24, 2.45) is 0 Å². The molecule has 0 saturated heterocycles. The second-order valence-electron chi connectivity index (χ2n) is 2.86. The molecular formula is C11H11NO4. The van der Waals surface area contributed by atoms with Crippen LogP contribution in [0.3, 0.4) is 0 Å². The van der Waals surface area contributed by atoms with Gasteiger partial charge in [-0.15, -0.1) is 0 Å². The zero-order valence-corrected chi connectivity index (χ0v) is 9.23. The summed E-state index contributed by atoms with van der Waals surface area (Å²) in [4.78, 5) is 11.5. The standard InChI is InChI=1S/C11H11NO4/c1-14-8-4-7(6-12)10(15-2)9(5-8)11(13)16-3/h4-5H,1-3H3. The Morgan fingerprint density at radius 3 is 2.38 bits per heavy atom. The summed E-state index contributed by atoms with van der Waals surface area (Å²) in [6.45, 7) is 0. The number of carbonyl (C=O) groups excluding carboxylic acids is 1. The van der Waals surface area contributed by atoms with Gasteiger partial charge in [0.25, 0.3) is 0 Å². The van der Waals surface area contributed by atoms with Gasteiger partial charge in [-0.1, -0.05) is 0 Å². The lowest BCUT2D eigenvalue weighted by atomic mass is 10.1. The Kier molecular flexibility index (Phi) is 3.72. The van der Waals surface area contributed by atoms with Crippen molar-refractivity contribution < 1.29 is 19.0 Å². The fourth-order valence-electron chi connectivity index (χ4n) is 1.28. The lowest BCUT2D eigenvalue weighted by Crippen LogP contribution is -2.06. The Balaban J connectivity index is 3.44. The van der Waals surface area contributed by atoms with Crippen molar-refractivity contribution in [2.75, 3.05) is 21.3 Å². The van der Waals surface area contributed by atoms with Crippen LogP contribution < -0.4 is 9.47 Å². The molecule has 16 heavy (non-hydrogen) atoms. The molecule has 0 atom stereocenters. The van der Waals surface area contributed by atoms with Crippen LogP contribution >= 0.6 is 0 Å². The van der Waals surface area contributed by atoms with Crippen LogP contribution in [0.4, 0.5) is 0 Å². The maximum Gasteiger partial charge on any atom is 0.341 e. The fraction of sp³-hybridized carbons (Fsp3) is 0.273. The largest absolute Gasteiger partial charge is 0.497 e. The molecule has 0 heterocycles. The van der Waals surface area contributed by atoms with Crippen LogP contribution in [0.2, 0.25) is 0 Å². The number of carbonyl (C=O) groups is 1. The number of hydrogen-bond donors (Lipinski definition) is 0. The number of ether oxygens (including phenoxy) is 3. The number of methoxy groups -OCH3 is 3. The van der Waals surface area contributed by atoms with Crippen LogP contribution in [0.15, 0.2) is 12.1 Å². The maximum atomic E-state index is 11.5. The van der Waals surface area contributed by atoms with E-state index in [-0.39, 0.29) is 16.9 Å². The van der Waals surface area contributed by atoms with Gasteiger partial charge >= 0.3 is 5.97 Å². The van der Waals surface area contributed by atoms with Crippen LogP contribution in [-0.2, 0) is 4.74 Å². The normalized spacial score (nSPS) is 9.12. The first-order chi connectivity index (χ1) is 7.67. The lowest BCUT2D eigenvalue weighted by Gasteiger charge is -2.10. The first-order valence-corrected chi connectivity index (χ1v) is 4.42. The Morgan fingerprint density at radius 1 is 1.25 bits per heavy atom. The highest BCUT2D eigenvalue weighted by Gasteiger charge is 2.18. The van der Waals surface area contributed by atoms with Gasteiger partial charge in [0.05, 0.1) is 26.9 Å². The lowest BCUT2D eigenvalue weighted by molar-refractivity contribution is 0.0596. The van der Waals surface area contributed by atoms with E-state index in [2.05, 4.69) is 4.74 Å². The van der Waals surface area contributed by atoms with Crippen molar-refractivity contribution >= 4 is 5.97 Å². The van der Waals surface area contributed by atoms with E-state index < -0.39 is 5.97 Å². The summed E-state index contributed by atoms with van der Waals surface area (Å²) in [6, 6.07) is 4.88. The van der Waals surface area contributed by atoms with Crippen molar-refractivity contribution in [1.29, 1.82) is 5.26 Å². The molecule has 0 unspecified atom stereocenters. The zero-order chi connectivity index (χ0) is 12.1. The third kappa shape index (κ3) is 2.06. The molecule has 1 aromatic rings. The van der Waals surface area contributed by atoms with E-state index in [4.69, 9.17) is 14.7 Å². The van der Waals surface area contributed by atoms with Crippen LogP contribution in [0.5, 0.6) is 11.5 Å². The highest BCUT2D eigenvalue weighted by Crippen LogP contribution is 2.29. The third-order valence-electron chi connectivity index (χ3n) is 2.03. The van der Waals surface area contributed by atoms with Crippen molar-refractivity contribution in [1.82, 2.24) is 0 Å². The van der Waals surface area contributed by atoms with E-state index in [0.29, 0.717) is 5.75 Å². The first kappa shape index (κ1) is 11.9. The molecule has 5 nitrogen and oxygen atoms in total. The minimum Gasteiger partial charge on any atom is -0.497 e. The summed E-state index contributed by atoms with van der Waals surface area (Å²) in [6.07, 6.45) is 0. The molecule has 0 amide bonds. The van der Waals surface area contributed by atoms with E-state index in [0.717, 1.165) is 0 Å². The van der Waals surface area contributed by atoms with Gasteiger partial charge in [-0.05, 0) is 6.07 Å². The quantitative estimate of drug-likeness (QED) is 0.721. The first-order valence-electron chi connectivity index (χ1n) is 4.42. The van der Waals surface area contributed by atoms with Crippen molar-refractivity contribution in [3.05, 3.63) is 23.3 Å².